The van der Waals surface area contributed by atoms with Gasteiger partial charge >= 0.3 is 5.97 Å². The maximum atomic E-state index is 11.9. The Hall–Kier alpha value is -1.88. The highest BCUT2D eigenvalue weighted by molar-refractivity contribution is 5.91. The molecule has 1 aromatic rings. The van der Waals surface area contributed by atoms with Crippen LogP contribution in [0.5, 0.6) is 0 Å². The molecule has 5 nitrogen and oxygen atoms in total. The average Bonchev–Trinajstić information content (AvgIpc) is 2.28. The van der Waals surface area contributed by atoms with Crippen molar-refractivity contribution in [3.63, 3.8) is 0 Å². The van der Waals surface area contributed by atoms with E-state index in [1.165, 1.54) is 6.07 Å². The van der Waals surface area contributed by atoms with Crippen LogP contribution in [0.2, 0.25) is 0 Å². The molecule has 1 unspecified atom stereocenters. The van der Waals surface area contributed by atoms with Gasteiger partial charge in [0.2, 0.25) is 5.91 Å². The molecule has 104 valence electrons. The van der Waals surface area contributed by atoms with E-state index >= 15 is 0 Å². The number of hydrogen-bond donors (Lipinski definition) is 3. The van der Waals surface area contributed by atoms with Crippen LogP contribution in [0.3, 0.4) is 0 Å². The maximum Gasteiger partial charge on any atom is 0.335 e. The van der Waals surface area contributed by atoms with Crippen molar-refractivity contribution in [1.29, 1.82) is 0 Å². The largest absolute Gasteiger partial charge is 0.478 e. The highest BCUT2D eigenvalue weighted by atomic mass is 16.4. The number of nitrogens with one attached hydrogen (secondary N) is 1. The Morgan fingerprint density at radius 1 is 1.32 bits per heavy atom. The Morgan fingerprint density at radius 2 is 1.89 bits per heavy atom. The van der Waals surface area contributed by atoms with Crippen LogP contribution in [0.25, 0.3) is 0 Å². The van der Waals surface area contributed by atoms with Crippen molar-refractivity contribution in [2.45, 2.75) is 38.8 Å². The first-order chi connectivity index (χ1) is 8.74. The van der Waals surface area contributed by atoms with Gasteiger partial charge in [-0.1, -0.05) is 18.2 Å². The normalized spacial score (nSPS) is 12.8. The Morgan fingerprint density at radius 3 is 2.42 bits per heavy atom. The molecule has 0 aliphatic heterocycles. The molecule has 0 radical (unpaired) electrons. The average molecular weight is 265 g/mol. The van der Waals surface area contributed by atoms with Crippen LogP contribution in [0, 0.1) is 0 Å². The smallest absolute Gasteiger partial charge is 0.335 e. The summed E-state index contributed by atoms with van der Waals surface area (Å²) in [5.41, 5.74) is -0.184. The highest BCUT2D eigenvalue weighted by Crippen LogP contribution is 2.12. The van der Waals surface area contributed by atoms with Gasteiger partial charge < -0.3 is 15.5 Å². The van der Waals surface area contributed by atoms with Crippen LogP contribution in [0.15, 0.2) is 24.3 Å². The number of carbonyl (C=O) groups is 2. The Kier molecular flexibility index (Phi) is 4.67. The van der Waals surface area contributed by atoms with Gasteiger partial charge in [-0.05, 0) is 32.4 Å². The van der Waals surface area contributed by atoms with Gasteiger partial charge in [0.1, 0.15) is 0 Å². The van der Waals surface area contributed by atoms with Crippen molar-refractivity contribution in [2.24, 2.45) is 0 Å². The van der Waals surface area contributed by atoms with E-state index in [-0.39, 0.29) is 17.9 Å². The van der Waals surface area contributed by atoms with Crippen LogP contribution in [-0.4, -0.2) is 33.7 Å². The van der Waals surface area contributed by atoms with Crippen molar-refractivity contribution in [1.82, 2.24) is 5.32 Å². The zero-order valence-corrected chi connectivity index (χ0v) is 11.3. The quantitative estimate of drug-likeness (QED) is 0.746. The lowest BCUT2D eigenvalue weighted by Gasteiger charge is -2.29. The van der Waals surface area contributed by atoms with E-state index in [2.05, 4.69) is 5.32 Å². The zero-order valence-electron chi connectivity index (χ0n) is 11.3. The summed E-state index contributed by atoms with van der Waals surface area (Å²) in [5.74, 6) is -1.38. The van der Waals surface area contributed by atoms with E-state index in [0.717, 1.165) is 0 Å². The summed E-state index contributed by atoms with van der Waals surface area (Å²) in [4.78, 5) is 22.9. The van der Waals surface area contributed by atoms with Crippen LogP contribution >= 0.6 is 0 Å². The SMILES string of the molecule is CC(O)C(C)(C)NC(=O)Cc1ccccc1C(=O)O. The summed E-state index contributed by atoms with van der Waals surface area (Å²) in [6.07, 6.45) is -0.732. The number of aromatic carboxylic acids is 1. The molecule has 5 heteroatoms. The molecule has 0 saturated heterocycles. The van der Waals surface area contributed by atoms with Gasteiger partial charge in [-0.15, -0.1) is 0 Å². The fourth-order valence-corrected chi connectivity index (χ4v) is 1.56. The summed E-state index contributed by atoms with van der Waals surface area (Å²) in [6, 6.07) is 6.38. The molecule has 0 aromatic heterocycles. The second-order valence-corrected chi connectivity index (χ2v) is 5.08. The van der Waals surface area contributed by atoms with E-state index in [1.54, 1.807) is 39.0 Å². The van der Waals surface area contributed by atoms with Crippen LogP contribution in [0.4, 0.5) is 0 Å². The van der Waals surface area contributed by atoms with Crippen molar-refractivity contribution >= 4 is 11.9 Å². The fourth-order valence-electron chi connectivity index (χ4n) is 1.56. The lowest BCUT2D eigenvalue weighted by molar-refractivity contribution is -0.123. The standard InChI is InChI=1S/C14H19NO4/c1-9(16)14(2,3)15-12(17)8-10-6-4-5-7-11(10)13(18)19/h4-7,9,16H,8H2,1-3H3,(H,15,17)(H,18,19). The molecule has 0 aliphatic carbocycles. The number of aliphatic hydroxyl groups is 1. The molecule has 0 spiro atoms. The summed E-state index contributed by atoms with van der Waals surface area (Å²) in [6.45, 7) is 5.00. The van der Waals surface area contributed by atoms with Crippen molar-refractivity contribution in [2.75, 3.05) is 0 Å². The van der Waals surface area contributed by atoms with E-state index in [9.17, 15) is 14.7 Å². The van der Waals surface area contributed by atoms with Crippen LogP contribution < -0.4 is 5.32 Å². The predicted octanol–water partition coefficient (Wildman–Crippen LogP) is 1.20. The number of benzene rings is 1. The third-order valence-corrected chi connectivity index (χ3v) is 3.10. The zero-order chi connectivity index (χ0) is 14.6. The molecular weight excluding hydrogens is 246 g/mol. The fraction of sp³-hybridized carbons (Fsp3) is 0.429. The number of aliphatic hydroxyl groups excluding tert-OH is 1. The molecule has 0 fully saturated rings. The number of rotatable bonds is 5. The van der Waals surface area contributed by atoms with Crippen molar-refractivity contribution in [3.05, 3.63) is 35.4 Å². The summed E-state index contributed by atoms with van der Waals surface area (Å²) >= 11 is 0. The van der Waals surface area contributed by atoms with Gasteiger partial charge in [0.05, 0.1) is 23.6 Å². The Labute approximate surface area is 112 Å². The molecule has 1 atom stereocenters. The van der Waals surface area contributed by atoms with Gasteiger partial charge in [0.25, 0.3) is 0 Å². The molecule has 3 N–H and O–H groups in total. The summed E-state index contributed by atoms with van der Waals surface area (Å²) < 4.78 is 0. The van der Waals surface area contributed by atoms with Crippen molar-refractivity contribution < 1.29 is 19.8 Å². The predicted molar refractivity (Wildman–Crippen MR) is 71.0 cm³/mol. The monoisotopic (exact) mass is 265 g/mol. The Bertz CT molecular complexity index is 480. The van der Waals surface area contributed by atoms with Gasteiger partial charge in [-0.3, -0.25) is 4.79 Å². The topological polar surface area (TPSA) is 86.6 Å². The molecule has 1 amide bonds. The molecule has 0 saturated carbocycles. The Balaban J connectivity index is 2.81. The highest BCUT2D eigenvalue weighted by Gasteiger charge is 2.26. The molecule has 19 heavy (non-hydrogen) atoms. The van der Waals surface area contributed by atoms with Gasteiger partial charge in [-0.2, -0.15) is 0 Å². The van der Waals surface area contributed by atoms with Gasteiger partial charge in [0, 0.05) is 0 Å². The first-order valence-electron chi connectivity index (χ1n) is 6.04. The lowest BCUT2D eigenvalue weighted by Crippen LogP contribution is -2.51. The van der Waals surface area contributed by atoms with Gasteiger partial charge in [-0.25, -0.2) is 4.79 Å². The number of carboxylic acid groups (broad SMARTS) is 1. The minimum absolute atomic E-state index is 0.0291. The maximum absolute atomic E-state index is 11.9. The van der Waals surface area contributed by atoms with Crippen molar-refractivity contribution in [3.8, 4) is 0 Å². The molecule has 1 aromatic carbocycles. The summed E-state index contributed by atoms with van der Waals surface area (Å²) in [5, 5.41) is 21.2. The minimum Gasteiger partial charge on any atom is -0.478 e. The van der Waals surface area contributed by atoms with E-state index < -0.39 is 17.6 Å². The second kappa shape index (κ2) is 5.84. The third-order valence-electron chi connectivity index (χ3n) is 3.10. The van der Waals surface area contributed by atoms with E-state index in [4.69, 9.17) is 5.11 Å². The molecule has 0 bridgehead atoms. The molecule has 0 heterocycles. The minimum atomic E-state index is -1.06. The first-order valence-corrected chi connectivity index (χ1v) is 6.04. The molecule has 0 aliphatic rings. The van der Waals surface area contributed by atoms with E-state index in [1.807, 2.05) is 0 Å². The lowest BCUT2D eigenvalue weighted by atomic mass is 9.97. The number of amides is 1. The second-order valence-electron chi connectivity index (χ2n) is 5.08. The summed E-state index contributed by atoms with van der Waals surface area (Å²) in [7, 11) is 0. The third kappa shape index (κ3) is 4.06. The molecular formula is C14H19NO4. The van der Waals surface area contributed by atoms with Crippen LogP contribution in [-0.2, 0) is 11.2 Å². The number of carboxylic acids is 1. The van der Waals surface area contributed by atoms with Gasteiger partial charge in [0.15, 0.2) is 0 Å². The van der Waals surface area contributed by atoms with E-state index in [0.29, 0.717) is 5.56 Å². The number of hydrogen-bond acceptors (Lipinski definition) is 3. The first kappa shape index (κ1) is 15.2. The van der Waals surface area contributed by atoms with Crippen LogP contribution in [0.1, 0.15) is 36.7 Å². The number of carbonyl (C=O) groups excluding carboxylic acids is 1. The molecule has 1 rings (SSSR count).